The van der Waals surface area contributed by atoms with Gasteiger partial charge in [0.15, 0.2) is 5.16 Å². The molecule has 1 unspecified atom stereocenters. The Labute approximate surface area is 213 Å². The standard InChI is InChI=1S/C28H26N4O3S/c1-17-12-18(2)14-20(13-17)32-27(35)21-8-4-5-9-22(21)30-28(32)36-16-26(34)31-19(3)15-25(33)29-23-10-6-7-11-24(23)31/h4-14,19H,15-16H2,1-3H3,(H,29,33). The second kappa shape index (κ2) is 9.62. The molecule has 182 valence electrons. The molecule has 1 aromatic heterocycles. The van der Waals surface area contributed by atoms with Gasteiger partial charge in [-0.1, -0.05) is 42.1 Å². The van der Waals surface area contributed by atoms with Gasteiger partial charge in [0.05, 0.1) is 33.7 Å². The molecule has 4 aromatic rings. The van der Waals surface area contributed by atoms with Crippen molar-refractivity contribution < 1.29 is 9.59 Å². The van der Waals surface area contributed by atoms with Crippen LogP contribution in [0.4, 0.5) is 11.4 Å². The zero-order chi connectivity index (χ0) is 25.4. The Morgan fingerprint density at radius 1 is 1.03 bits per heavy atom. The lowest BCUT2D eigenvalue weighted by Crippen LogP contribution is -2.40. The van der Waals surface area contributed by atoms with E-state index < -0.39 is 0 Å². The number of aromatic nitrogens is 2. The van der Waals surface area contributed by atoms with Crippen molar-refractivity contribution in [2.24, 2.45) is 0 Å². The molecule has 1 aliphatic rings. The first-order chi connectivity index (χ1) is 17.3. The summed E-state index contributed by atoms with van der Waals surface area (Å²) in [5.74, 6) is -0.230. The topological polar surface area (TPSA) is 84.3 Å². The number of amides is 2. The van der Waals surface area contributed by atoms with Crippen LogP contribution in [0.15, 0.2) is 76.7 Å². The first-order valence-electron chi connectivity index (χ1n) is 11.8. The van der Waals surface area contributed by atoms with Crippen LogP contribution in [0.25, 0.3) is 16.6 Å². The van der Waals surface area contributed by atoms with Crippen molar-refractivity contribution in [1.82, 2.24) is 9.55 Å². The van der Waals surface area contributed by atoms with E-state index in [-0.39, 0.29) is 35.6 Å². The van der Waals surface area contributed by atoms with E-state index in [0.717, 1.165) is 11.1 Å². The summed E-state index contributed by atoms with van der Waals surface area (Å²) in [5, 5.41) is 3.85. The number of nitrogens with zero attached hydrogens (tertiary/aromatic N) is 3. The molecule has 1 N–H and O–H groups in total. The van der Waals surface area contributed by atoms with Crippen LogP contribution in [0.5, 0.6) is 0 Å². The Bertz CT molecular complexity index is 1540. The molecule has 0 aliphatic carbocycles. The molecule has 7 nitrogen and oxygen atoms in total. The molecular weight excluding hydrogens is 472 g/mol. The van der Waals surface area contributed by atoms with Crippen LogP contribution < -0.4 is 15.8 Å². The highest BCUT2D eigenvalue weighted by Crippen LogP contribution is 2.32. The van der Waals surface area contributed by atoms with Crippen molar-refractivity contribution in [2.75, 3.05) is 16.0 Å². The molecule has 0 saturated carbocycles. The number of para-hydroxylation sites is 3. The molecule has 0 fully saturated rings. The minimum absolute atomic E-state index is 0.0580. The summed E-state index contributed by atoms with van der Waals surface area (Å²) in [7, 11) is 0. The smallest absolute Gasteiger partial charge is 0.266 e. The normalized spacial score (nSPS) is 15.4. The number of nitrogens with one attached hydrogen (secondary N) is 1. The summed E-state index contributed by atoms with van der Waals surface area (Å²) in [4.78, 5) is 45.9. The Morgan fingerprint density at radius 2 is 1.72 bits per heavy atom. The number of carbonyl (C=O) groups is 2. The molecule has 2 heterocycles. The van der Waals surface area contributed by atoms with Crippen molar-refractivity contribution in [3.8, 4) is 5.69 Å². The molecule has 1 atom stereocenters. The van der Waals surface area contributed by atoms with E-state index in [1.807, 2.05) is 69.3 Å². The van der Waals surface area contributed by atoms with Gasteiger partial charge in [0.2, 0.25) is 11.8 Å². The summed E-state index contributed by atoms with van der Waals surface area (Å²) in [6.45, 7) is 5.84. The van der Waals surface area contributed by atoms with Gasteiger partial charge in [-0.25, -0.2) is 4.98 Å². The molecule has 8 heteroatoms. The fourth-order valence-corrected chi connectivity index (χ4v) is 5.55. The number of hydrogen-bond donors (Lipinski definition) is 1. The van der Waals surface area contributed by atoms with Crippen LogP contribution >= 0.6 is 11.8 Å². The lowest BCUT2D eigenvalue weighted by Gasteiger charge is -2.27. The highest BCUT2D eigenvalue weighted by Gasteiger charge is 2.30. The molecule has 5 rings (SSSR count). The monoisotopic (exact) mass is 498 g/mol. The molecule has 2 amide bonds. The first kappa shape index (κ1) is 23.8. The largest absolute Gasteiger partial charge is 0.324 e. The summed E-state index contributed by atoms with van der Waals surface area (Å²) in [5.41, 5.74) is 4.47. The maximum atomic E-state index is 13.6. The van der Waals surface area contributed by atoms with Crippen LogP contribution in [0, 0.1) is 13.8 Å². The Kier molecular flexibility index (Phi) is 6.36. The van der Waals surface area contributed by atoms with Crippen LogP contribution in [0.3, 0.4) is 0 Å². The first-order valence-corrected chi connectivity index (χ1v) is 12.7. The van der Waals surface area contributed by atoms with Crippen molar-refractivity contribution in [3.63, 3.8) is 0 Å². The molecular formula is C28H26N4O3S. The zero-order valence-electron chi connectivity index (χ0n) is 20.3. The van der Waals surface area contributed by atoms with Crippen molar-refractivity contribution in [1.29, 1.82) is 0 Å². The van der Waals surface area contributed by atoms with Gasteiger partial charge >= 0.3 is 0 Å². The number of thioether (sulfide) groups is 1. The molecule has 0 radical (unpaired) electrons. The predicted molar refractivity (Wildman–Crippen MR) is 144 cm³/mol. The fraction of sp³-hybridized carbons (Fsp3) is 0.214. The third-order valence-electron chi connectivity index (χ3n) is 6.16. The van der Waals surface area contributed by atoms with Gasteiger partial charge in [-0.05, 0) is 68.3 Å². The van der Waals surface area contributed by atoms with Crippen LogP contribution in [0.2, 0.25) is 0 Å². The van der Waals surface area contributed by atoms with E-state index in [1.54, 1.807) is 27.7 Å². The molecule has 0 saturated heterocycles. The van der Waals surface area contributed by atoms with Gasteiger partial charge < -0.3 is 10.2 Å². The Balaban J connectivity index is 1.54. The van der Waals surface area contributed by atoms with E-state index in [9.17, 15) is 14.4 Å². The van der Waals surface area contributed by atoms with E-state index in [4.69, 9.17) is 4.98 Å². The van der Waals surface area contributed by atoms with Crippen molar-refractivity contribution >= 4 is 45.9 Å². The molecule has 36 heavy (non-hydrogen) atoms. The quantitative estimate of drug-likeness (QED) is 0.321. The van der Waals surface area contributed by atoms with Crippen LogP contribution in [0.1, 0.15) is 24.5 Å². The molecule has 3 aromatic carbocycles. The second-order valence-corrected chi connectivity index (χ2v) is 10.0. The Hall–Kier alpha value is -3.91. The van der Waals surface area contributed by atoms with Crippen molar-refractivity contribution in [2.45, 2.75) is 38.4 Å². The fourth-order valence-electron chi connectivity index (χ4n) is 4.68. The Morgan fingerprint density at radius 3 is 2.50 bits per heavy atom. The van der Waals surface area contributed by atoms with Gasteiger partial charge in [-0.3, -0.25) is 19.0 Å². The number of rotatable bonds is 4. The van der Waals surface area contributed by atoms with Crippen LogP contribution in [-0.4, -0.2) is 33.2 Å². The summed E-state index contributed by atoms with van der Waals surface area (Å²) < 4.78 is 1.59. The highest BCUT2D eigenvalue weighted by molar-refractivity contribution is 7.99. The average molecular weight is 499 g/mol. The molecule has 0 bridgehead atoms. The van der Waals surface area contributed by atoms with Gasteiger partial charge in [-0.2, -0.15) is 0 Å². The predicted octanol–water partition coefficient (Wildman–Crippen LogP) is 4.86. The number of hydrogen-bond acceptors (Lipinski definition) is 5. The van der Waals surface area contributed by atoms with E-state index >= 15 is 0 Å². The summed E-state index contributed by atoms with van der Waals surface area (Å²) in [6, 6.07) is 20.2. The minimum Gasteiger partial charge on any atom is -0.324 e. The second-order valence-electron chi connectivity index (χ2n) is 9.07. The van der Waals surface area contributed by atoms with Crippen molar-refractivity contribution in [3.05, 3.63) is 88.2 Å². The average Bonchev–Trinajstić information content (AvgIpc) is 2.96. The lowest BCUT2D eigenvalue weighted by atomic mass is 10.1. The van der Waals surface area contributed by atoms with E-state index in [1.165, 1.54) is 11.8 Å². The molecule has 0 spiro atoms. The van der Waals surface area contributed by atoms with Crippen LogP contribution in [-0.2, 0) is 9.59 Å². The zero-order valence-corrected chi connectivity index (χ0v) is 21.1. The van der Waals surface area contributed by atoms with Gasteiger partial charge in [0, 0.05) is 12.5 Å². The number of anilines is 2. The maximum Gasteiger partial charge on any atom is 0.266 e. The SMILES string of the molecule is Cc1cc(C)cc(-n2c(SCC(=O)N3c4ccccc4NC(=O)CC3C)nc3ccccc3c2=O)c1. The number of fused-ring (bicyclic) bond motifs is 2. The van der Waals surface area contributed by atoms with Gasteiger partial charge in [0.25, 0.3) is 5.56 Å². The summed E-state index contributed by atoms with van der Waals surface area (Å²) in [6.07, 6.45) is 0.201. The summed E-state index contributed by atoms with van der Waals surface area (Å²) >= 11 is 1.22. The maximum absolute atomic E-state index is 13.6. The lowest BCUT2D eigenvalue weighted by molar-refractivity contribution is -0.117. The highest BCUT2D eigenvalue weighted by atomic mass is 32.2. The van der Waals surface area contributed by atoms with E-state index in [0.29, 0.717) is 33.1 Å². The third kappa shape index (κ3) is 4.52. The third-order valence-corrected chi connectivity index (χ3v) is 7.09. The number of carbonyl (C=O) groups excluding carboxylic acids is 2. The minimum atomic E-state index is -0.312. The number of benzene rings is 3. The number of aryl methyl sites for hydroxylation is 2. The molecule has 1 aliphatic heterocycles. The van der Waals surface area contributed by atoms with E-state index in [2.05, 4.69) is 5.32 Å². The van der Waals surface area contributed by atoms with Gasteiger partial charge in [0.1, 0.15) is 0 Å². The van der Waals surface area contributed by atoms with Gasteiger partial charge in [-0.15, -0.1) is 0 Å².